The van der Waals surface area contributed by atoms with Crippen LogP contribution >= 0.6 is 0 Å². The Labute approximate surface area is 122 Å². The zero-order chi connectivity index (χ0) is 15.6. The first kappa shape index (κ1) is 14.1. The number of pyridine rings is 1. The fraction of sp³-hybridized carbons (Fsp3) is 0.0714. The quantitative estimate of drug-likeness (QED) is 0.738. The highest BCUT2D eigenvalue weighted by Gasteiger charge is 2.32. The molecule has 0 N–H and O–H groups in total. The summed E-state index contributed by atoms with van der Waals surface area (Å²) in [5.74, 6) is -0.385. The van der Waals surface area contributed by atoms with E-state index in [2.05, 4.69) is 19.9 Å². The molecule has 0 radical (unpaired) electrons. The molecule has 0 fully saturated rings. The molecule has 3 aromatic rings. The molecule has 1 aromatic carbocycles. The number of nitrogens with zero attached hydrogens (tertiary/aromatic N) is 3. The van der Waals surface area contributed by atoms with Crippen molar-refractivity contribution in [3.05, 3.63) is 48.7 Å². The van der Waals surface area contributed by atoms with Gasteiger partial charge in [-0.2, -0.15) is 0 Å². The van der Waals surface area contributed by atoms with Crippen molar-refractivity contribution in [1.29, 1.82) is 0 Å². The summed E-state index contributed by atoms with van der Waals surface area (Å²) in [6.07, 6.45) is -3.26. The monoisotopic (exact) mass is 307 g/mol. The van der Waals surface area contributed by atoms with Crippen LogP contribution in [0.3, 0.4) is 0 Å². The predicted molar refractivity (Wildman–Crippen MR) is 69.6 cm³/mol. The van der Waals surface area contributed by atoms with Crippen molar-refractivity contribution in [2.75, 3.05) is 0 Å². The highest BCUT2D eigenvalue weighted by molar-refractivity contribution is 5.63. The second-order valence-electron chi connectivity index (χ2n) is 4.17. The van der Waals surface area contributed by atoms with Gasteiger partial charge in [0.05, 0.1) is 5.56 Å². The summed E-state index contributed by atoms with van der Waals surface area (Å²) in [7, 11) is 0. The molecule has 2 heterocycles. The topological polar surface area (TPSA) is 61.0 Å². The zero-order valence-corrected chi connectivity index (χ0v) is 10.9. The first-order chi connectivity index (χ1) is 10.5. The molecule has 8 heteroatoms. The van der Waals surface area contributed by atoms with Crippen LogP contribution in [0.25, 0.3) is 23.0 Å². The van der Waals surface area contributed by atoms with Crippen LogP contribution in [0.15, 0.2) is 53.1 Å². The van der Waals surface area contributed by atoms with Crippen LogP contribution in [0, 0.1) is 0 Å². The number of halogens is 3. The van der Waals surface area contributed by atoms with Gasteiger partial charge in [-0.05, 0) is 24.3 Å². The van der Waals surface area contributed by atoms with E-state index in [1.807, 2.05) is 0 Å². The van der Waals surface area contributed by atoms with Gasteiger partial charge in [0.25, 0.3) is 11.8 Å². The van der Waals surface area contributed by atoms with E-state index in [0.717, 1.165) is 0 Å². The molecule has 0 spiro atoms. The lowest BCUT2D eigenvalue weighted by molar-refractivity contribution is -0.274. The molecule has 2 aromatic heterocycles. The molecule has 0 unspecified atom stereocenters. The Hall–Kier alpha value is -2.90. The lowest BCUT2D eigenvalue weighted by atomic mass is 10.2. The molecular formula is C14H8F3N3O2. The third kappa shape index (κ3) is 3.05. The van der Waals surface area contributed by atoms with Gasteiger partial charge in [-0.25, -0.2) is 0 Å². The molecule has 22 heavy (non-hydrogen) atoms. The minimum absolute atomic E-state index is 0.0505. The van der Waals surface area contributed by atoms with Crippen molar-refractivity contribution in [3.63, 3.8) is 0 Å². The van der Waals surface area contributed by atoms with Gasteiger partial charge in [0.1, 0.15) is 11.4 Å². The van der Waals surface area contributed by atoms with Gasteiger partial charge < -0.3 is 9.15 Å². The number of rotatable bonds is 3. The van der Waals surface area contributed by atoms with Gasteiger partial charge in [0.2, 0.25) is 0 Å². The number of para-hydroxylation sites is 1. The van der Waals surface area contributed by atoms with Crippen molar-refractivity contribution in [2.24, 2.45) is 0 Å². The second kappa shape index (κ2) is 5.47. The van der Waals surface area contributed by atoms with Crippen LogP contribution in [-0.4, -0.2) is 21.5 Å². The summed E-state index contributed by atoms with van der Waals surface area (Å²) >= 11 is 0. The van der Waals surface area contributed by atoms with Crippen molar-refractivity contribution in [1.82, 2.24) is 15.2 Å². The van der Waals surface area contributed by atoms with Crippen molar-refractivity contribution in [3.8, 4) is 28.8 Å². The summed E-state index contributed by atoms with van der Waals surface area (Å²) in [5, 5.41) is 7.53. The third-order valence-electron chi connectivity index (χ3n) is 2.65. The smallest absolute Gasteiger partial charge is 0.414 e. The molecule has 0 saturated heterocycles. The Morgan fingerprint density at radius 3 is 2.36 bits per heavy atom. The minimum atomic E-state index is -4.81. The van der Waals surface area contributed by atoms with E-state index < -0.39 is 12.1 Å². The SMILES string of the molecule is FC(F)(F)Oc1ccccc1-c1nnc(-c2ccccn2)o1. The highest BCUT2D eigenvalue weighted by Crippen LogP contribution is 2.33. The number of hydrogen-bond donors (Lipinski definition) is 0. The summed E-state index contributed by atoms with van der Waals surface area (Å²) in [4.78, 5) is 4.03. The van der Waals surface area contributed by atoms with E-state index in [9.17, 15) is 13.2 Å². The average Bonchev–Trinajstić information content (AvgIpc) is 2.97. The lowest BCUT2D eigenvalue weighted by Gasteiger charge is -2.10. The second-order valence-corrected chi connectivity index (χ2v) is 4.17. The Morgan fingerprint density at radius 1 is 0.909 bits per heavy atom. The largest absolute Gasteiger partial charge is 0.573 e. The summed E-state index contributed by atoms with van der Waals surface area (Å²) in [5.41, 5.74) is 0.477. The first-order valence-corrected chi connectivity index (χ1v) is 6.13. The zero-order valence-electron chi connectivity index (χ0n) is 10.9. The summed E-state index contributed by atoms with van der Waals surface area (Å²) in [6, 6.07) is 10.6. The number of alkyl halides is 3. The lowest BCUT2D eigenvalue weighted by Crippen LogP contribution is -2.17. The molecule has 0 aliphatic heterocycles. The van der Waals surface area contributed by atoms with Crippen LogP contribution in [0.1, 0.15) is 0 Å². The van der Waals surface area contributed by atoms with Gasteiger partial charge >= 0.3 is 6.36 Å². The molecule has 5 nitrogen and oxygen atoms in total. The van der Waals surface area contributed by atoms with Crippen LogP contribution in [0.5, 0.6) is 5.75 Å². The molecule has 0 amide bonds. The number of aromatic nitrogens is 3. The van der Waals surface area contributed by atoms with Gasteiger partial charge in [-0.3, -0.25) is 4.98 Å². The highest BCUT2D eigenvalue weighted by atomic mass is 19.4. The van der Waals surface area contributed by atoms with Gasteiger partial charge in [0.15, 0.2) is 0 Å². The Kier molecular flexibility index (Phi) is 3.50. The average molecular weight is 307 g/mol. The van der Waals surface area contributed by atoms with Crippen LogP contribution in [0.2, 0.25) is 0 Å². The molecular weight excluding hydrogens is 299 g/mol. The fourth-order valence-electron chi connectivity index (χ4n) is 1.78. The maximum Gasteiger partial charge on any atom is 0.573 e. The maximum atomic E-state index is 12.4. The van der Waals surface area contributed by atoms with Crippen molar-refractivity contribution in [2.45, 2.75) is 6.36 Å². The van der Waals surface area contributed by atoms with E-state index in [4.69, 9.17) is 4.42 Å². The van der Waals surface area contributed by atoms with E-state index >= 15 is 0 Å². The normalized spacial score (nSPS) is 11.4. The Balaban J connectivity index is 1.97. The number of hydrogen-bond acceptors (Lipinski definition) is 5. The molecule has 0 aliphatic carbocycles. The van der Waals surface area contributed by atoms with Crippen LogP contribution < -0.4 is 4.74 Å². The van der Waals surface area contributed by atoms with Crippen molar-refractivity contribution >= 4 is 0 Å². The number of ether oxygens (including phenoxy) is 1. The maximum absolute atomic E-state index is 12.4. The predicted octanol–water partition coefficient (Wildman–Crippen LogP) is 3.70. The van der Waals surface area contributed by atoms with E-state index in [0.29, 0.717) is 5.69 Å². The van der Waals surface area contributed by atoms with Gasteiger partial charge in [-0.15, -0.1) is 23.4 Å². The molecule has 0 aliphatic rings. The van der Waals surface area contributed by atoms with E-state index in [1.54, 1.807) is 30.5 Å². The van der Waals surface area contributed by atoms with Gasteiger partial charge in [-0.1, -0.05) is 18.2 Å². The standard InChI is InChI=1S/C14H8F3N3O2/c15-14(16,17)22-11-7-2-1-5-9(11)12-19-20-13(21-12)10-6-3-4-8-18-10/h1-8H. The summed E-state index contributed by atoms with van der Waals surface area (Å²) < 4.78 is 46.6. The van der Waals surface area contributed by atoms with E-state index in [-0.39, 0.29) is 17.3 Å². The number of benzene rings is 1. The molecule has 0 saturated carbocycles. The molecule has 3 rings (SSSR count). The third-order valence-corrected chi connectivity index (χ3v) is 2.65. The van der Waals surface area contributed by atoms with Crippen LogP contribution in [-0.2, 0) is 0 Å². The van der Waals surface area contributed by atoms with Gasteiger partial charge in [0, 0.05) is 6.20 Å². The Morgan fingerprint density at radius 2 is 1.64 bits per heavy atom. The summed E-state index contributed by atoms with van der Waals surface area (Å²) in [6.45, 7) is 0. The van der Waals surface area contributed by atoms with Crippen molar-refractivity contribution < 1.29 is 22.3 Å². The first-order valence-electron chi connectivity index (χ1n) is 6.13. The minimum Gasteiger partial charge on any atom is -0.414 e. The van der Waals surface area contributed by atoms with E-state index in [1.165, 1.54) is 18.2 Å². The Bertz CT molecular complexity index is 772. The van der Waals surface area contributed by atoms with Crippen LogP contribution in [0.4, 0.5) is 13.2 Å². The molecule has 0 bridgehead atoms. The molecule has 0 atom stereocenters. The fourth-order valence-corrected chi connectivity index (χ4v) is 1.78. The molecule has 112 valence electrons.